The summed E-state index contributed by atoms with van der Waals surface area (Å²) in [4.78, 5) is 21.0. The first-order valence-corrected chi connectivity index (χ1v) is 10.7. The number of nitrogens with two attached hydrogens (primary N) is 1. The first-order chi connectivity index (χ1) is 13.5. The van der Waals surface area contributed by atoms with Gasteiger partial charge in [0.15, 0.2) is 0 Å². The van der Waals surface area contributed by atoms with Gasteiger partial charge in [0.25, 0.3) is 5.91 Å². The fraction of sp³-hybridized carbons (Fsp3) is 0.450. The highest BCUT2D eigenvalue weighted by Gasteiger charge is 2.32. The highest BCUT2D eigenvalue weighted by Crippen LogP contribution is 2.32. The lowest BCUT2D eigenvalue weighted by atomic mass is 10.1. The number of nitrogens with zero attached hydrogens (tertiary/aromatic N) is 3. The third-order valence-corrected chi connectivity index (χ3v) is 5.97. The van der Waals surface area contributed by atoms with Crippen LogP contribution in [0.3, 0.4) is 0 Å². The van der Waals surface area contributed by atoms with Gasteiger partial charge in [-0.25, -0.2) is 5.84 Å². The molecule has 28 heavy (non-hydrogen) atoms. The van der Waals surface area contributed by atoms with Gasteiger partial charge in [0.05, 0.1) is 11.4 Å². The van der Waals surface area contributed by atoms with Gasteiger partial charge in [0, 0.05) is 26.3 Å². The van der Waals surface area contributed by atoms with Crippen LogP contribution in [0.25, 0.3) is 6.08 Å². The van der Waals surface area contributed by atoms with Crippen LogP contribution in [0.15, 0.2) is 34.2 Å². The van der Waals surface area contributed by atoms with Gasteiger partial charge < -0.3 is 10.3 Å². The molecule has 1 aliphatic rings. The zero-order valence-corrected chi connectivity index (χ0v) is 18.4. The summed E-state index contributed by atoms with van der Waals surface area (Å²) in [6, 6.07) is 8.24. The molecule has 1 saturated heterocycles. The van der Waals surface area contributed by atoms with Crippen molar-refractivity contribution in [1.82, 2.24) is 10.3 Å². The number of aliphatic imine (C=N–C) groups is 1. The van der Waals surface area contributed by atoms with Gasteiger partial charge in [-0.2, -0.15) is 0 Å². The summed E-state index contributed by atoms with van der Waals surface area (Å²) in [5, 5.41) is 0. The molecule has 3 N–H and O–H groups in total. The molecule has 152 valence electrons. The Balaban J connectivity index is 2.01. The van der Waals surface area contributed by atoms with Crippen LogP contribution in [0.2, 0.25) is 0 Å². The molecule has 0 unspecified atom stereocenters. The molecule has 0 aliphatic carbocycles. The van der Waals surface area contributed by atoms with Crippen molar-refractivity contribution in [2.75, 3.05) is 32.1 Å². The molecule has 2 rings (SSSR count). The number of hydrogen-bond donors (Lipinski definition) is 2. The number of thioether (sulfide) groups is 1. The van der Waals surface area contributed by atoms with Crippen LogP contribution in [0.1, 0.15) is 38.2 Å². The van der Waals surface area contributed by atoms with E-state index in [2.05, 4.69) is 41.4 Å². The van der Waals surface area contributed by atoms with E-state index < -0.39 is 0 Å². The predicted molar refractivity (Wildman–Crippen MR) is 124 cm³/mol. The number of anilines is 1. The maximum Gasteiger partial charge on any atom is 0.266 e. The normalized spacial score (nSPS) is 16.2. The lowest BCUT2D eigenvalue weighted by Gasteiger charge is -2.19. The first-order valence-electron chi connectivity index (χ1n) is 9.49. The Morgan fingerprint density at radius 1 is 1.32 bits per heavy atom. The molecular weight excluding hydrogens is 390 g/mol. The van der Waals surface area contributed by atoms with Crippen molar-refractivity contribution < 1.29 is 4.79 Å². The third-order valence-electron chi connectivity index (χ3n) is 4.60. The van der Waals surface area contributed by atoms with Gasteiger partial charge in [-0.1, -0.05) is 62.3 Å². The molecule has 1 aromatic carbocycles. The minimum Gasteiger partial charge on any atom is -0.375 e. The Morgan fingerprint density at radius 3 is 2.64 bits per heavy atom. The Kier molecular flexibility index (Phi) is 8.95. The smallest absolute Gasteiger partial charge is 0.266 e. The van der Waals surface area contributed by atoms with E-state index in [9.17, 15) is 4.79 Å². The maximum absolute atomic E-state index is 12.7. The van der Waals surface area contributed by atoms with Crippen LogP contribution in [0.4, 0.5) is 5.69 Å². The number of nitrogens with one attached hydrogen (secondary N) is 1. The second kappa shape index (κ2) is 11.2. The van der Waals surface area contributed by atoms with Crippen molar-refractivity contribution in [3.05, 3.63) is 34.7 Å². The number of rotatable bonds is 9. The molecule has 0 aromatic heterocycles. The van der Waals surface area contributed by atoms with E-state index in [0.717, 1.165) is 12.1 Å². The summed E-state index contributed by atoms with van der Waals surface area (Å²) in [7, 11) is 3.73. The van der Waals surface area contributed by atoms with E-state index in [1.807, 2.05) is 18.2 Å². The third kappa shape index (κ3) is 6.05. The van der Waals surface area contributed by atoms with Crippen molar-refractivity contribution in [2.24, 2.45) is 10.8 Å². The summed E-state index contributed by atoms with van der Waals surface area (Å²) in [6.07, 6.45) is 6.89. The molecular formula is C20H29N5OS2. The molecule has 1 fully saturated rings. The lowest BCUT2D eigenvalue weighted by Crippen LogP contribution is -2.42. The van der Waals surface area contributed by atoms with Gasteiger partial charge in [0.1, 0.15) is 10.2 Å². The largest absolute Gasteiger partial charge is 0.375 e. The van der Waals surface area contributed by atoms with Gasteiger partial charge in [-0.3, -0.25) is 14.7 Å². The highest BCUT2D eigenvalue weighted by molar-refractivity contribution is 8.26. The average Bonchev–Trinajstić information content (AvgIpc) is 2.96. The van der Waals surface area contributed by atoms with Crippen molar-refractivity contribution >= 4 is 51.8 Å². The Morgan fingerprint density at radius 2 is 2.04 bits per heavy atom. The van der Waals surface area contributed by atoms with Crippen molar-refractivity contribution in [1.29, 1.82) is 0 Å². The molecule has 0 saturated carbocycles. The summed E-state index contributed by atoms with van der Waals surface area (Å²) >= 11 is 6.64. The van der Waals surface area contributed by atoms with Crippen LogP contribution >= 0.6 is 24.0 Å². The predicted octanol–water partition coefficient (Wildman–Crippen LogP) is 3.40. The van der Waals surface area contributed by atoms with Crippen molar-refractivity contribution in [2.45, 2.75) is 32.6 Å². The lowest BCUT2D eigenvalue weighted by molar-refractivity contribution is -0.121. The summed E-state index contributed by atoms with van der Waals surface area (Å²) in [5.74, 6) is 5.79. The van der Waals surface area contributed by atoms with Gasteiger partial charge in [-0.15, -0.1) is 0 Å². The van der Waals surface area contributed by atoms with E-state index in [4.69, 9.17) is 18.1 Å². The zero-order valence-electron chi connectivity index (χ0n) is 16.8. The molecule has 1 amide bonds. The fourth-order valence-corrected chi connectivity index (χ4v) is 4.10. The molecule has 1 aromatic rings. The number of amidine groups is 1. The van der Waals surface area contributed by atoms with Gasteiger partial charge in [0.2, 0.25) is 0 Å². The summed E-state index contributed by atoms with van der Waals surface area (Å²) in [6.45, 7) is 3.52. The number of hydrazine groups is 1. The van der Waals surface area contributed by atoms with Crippen molar-refractivity contribution in [3.8, 4) is 0 Å². The zero-order chi connectivity index (χ0) is 20.5. The molecule has 6 nitrogen and oxygen atoms in total. The number of carbonyl (C=O) groups excluding carboxylic acids is 1. The molecule has 0 spiro atoms. The number of benzene rings is 1. The quantitative estimate of drug-likeness (QED) is 0.122. The highest BCUT2D eigenvalue weighted by atomic mass is 32.2. The van der Waals surface area contributed by atoms with E-state index in [1.165, 1.54) is 48.0 Å². The average molecular weight is 420 g/mol. The number of carbonyl (C=O) groups is 1. The monoisotopic (exact) mass is 419 g/mol. The second-order valence-corrected chi connectivity index (χ2v) is 8.33. The SMILES string of the molecule is CCCCCCN(C)c1ccc(/C=C2\SC(=S)N(CC(=NC)NN)C2=O)cc1. The Labute approximate surface area is 177 Å². The van der Waals surface area contributed by atoms with Crippen LogP contribution < -0.4 is 16.2 Å². The van der Waals surface area contributed by atoms with E-state index in [1.54, 1.807) is 7.05 Å². The molecule has 0 radical (unpaired) electrons. The van der Waals surface area contributed by atoms with Gasteiger partial charge in [-0.05, 0) is 30.2 Å². The maximum atomic E-state index is 12.7. The molecule has 0 atom stereocenters. The fourth-order valence-electron chi connectivity index (χ4n) is 2.85. The molecule has 1 aliphatic heterocycles. The van der Waals surface area contributed by atoms with Crippen LogP contribution in [-0.2, 0) is 4.79 Å². The number of amides is 1. The minimum absolute atomic E-state index is 0.122. The summed E-state index contributed by atoms with van der Waals surface area (Å²) in [5.41, 5.74) is 4.64. The standard InChI is InChI=1S/C20H29N5OS2/c1-4-5-6-7-12-24(3)16-10-8-15(9-11-16)13-17-19(26)25(20(27)28-17)14-18(22-2)23-21/h8-11,13H,4-7,12,14,21H2,1-3H3,(H,22,23)/b17-13-. The molecule has 0 bridgehead atoms. The summed E-state index contributed by atoms with van der Waals surface area (Å²) < 4.78 is 0.510. The van der Waals surface area contributed by atoms with Crippen LogP contribution in [0.5, 0.6) is 0 Å². The van der Waals surface area contributed by atoms with E-state index in [-0.39, 0.29) is 12.5 Å². The Bertz CT molecular complexity index is 745. The molecule has 8 heteroatoms. The number of unbranched alkanes of at least 4 members (excludes halogenated alkanes) is 3. The van der Waals surface area contributed by atoms with E-state index >= 15 is 0 Å². The second-order valence-electron chi connectivity index (χ2n) is 6.66. The molecule has 1 heterocycles. The topological polar surface area (TPSA) is 74.0 Å². The van der Waals surface area contributed by atoms with Gasteiger partial charge >= 0.3 is 0 Å². The number of hydrogen-bond acceptors (Lipinski definition) is 6. The van der Waals surface area contributed by atoms with Crippen LogP contribution in [-0.4, -0.2) is 48.1 Å². The first kappa shape index (κ1) is 22.4. The van der Waals surface area contributed by atoms with Crippen LogP contribution in [0, 0.1) is 0 Å². The Hall–Kier alpha value is -1.90. The van der Waals surface area contributed by atoms with Crippen molar-refractivity contribution in [3.63, 3.8) is 0 Å². The number of thiocarbonyl (C=S) groups is 1. The minimum atomic E-state index is -0.122. The van der Waals surface area contributed by atoms with E-state index in [0.29, 0.717) is 15.1 Å².